The van der Waals surface area contributed by atoms with Gasteiger partial charge in [-0.05, 0) is 35.4 Å². The highest BCUT2D eigenvalue weighted by Crippen LogP contribution is 2.20. The van der Waals surface area contributed by atoms with Crippen LogP contribution in [0.2, 0.25) is 5.02 Å². The van der Waals surface area contributed by atoms with Crippen molar-refractivity contribution in [1.82, 2.24) is 5.32 Å². The molecule has 2 aromatic rings. The molecular weight excluding hydrogens is 326 g/mol. The van der Waals surface area contributed by atoms with Crippen molar-refractivity contribution in [3.8, 4) is 11.1 Å². The molecule has 23 heavy (non-hydrogen) atoms. The van der Waals surface area contributed by atoms with Crippen molar-refractivity contribution in [2.75, 3.05) is 18.1 Å². The van der Waals surface area contributed by atoms with Gasteiger partial charge in [0.1, 0.15) is 0 Å². The van der Waals surface area contributed by atoms with Crippen LogP contribution in [0.15, 0.2) is 54.6 Å². The van der Waals surface area contributed by atoms with Crippen LogP contribution in [-0.4, -0.2) is 24.0 Å². The van der Waals surface area contributed by atoms with Crippen LogP contribution in [-0.2, 0) is 4.79 Å². The molecule has 1 aliphatic heterocycles. The summed E-state index contributed by atoms with van der Waals surface area (Å²) in [6.45, 7) is 4.87. The van der Waals surface area contributed by atoms with E-state index >= 15 is 0 Å². The Balaban J connectivity index is 0.000000228. The van der Waals surface area contributed by atoms with E-state index in [1.54, 1.807) is 11.8 Å². The summed E-state index contributed by atoms with van der Waals surface area (Å²) in [5.74, 6) is 1.96. The lowest BCUT2D eigenvalue weighted by atomic mass is 10.1. The summed E-state index contributed by atoms with van der Waals surface area (Å²) in [7, 11) is 0. The van der Waals surface area contributed by atoms with Crippen LogP contribution < -0.4 is 5.32 Å². The molecule has 0 saturated carbocycles. The third-order valence-electron chi connectivity index (χ3n) is 2.97. The first-order valence-corrected chi connectivity index (χ1v) is 9.44. The molecule has 1 fully saturated rings. The minimum absolute atomic E-state index is 0.188. The number of amides is 1. The fraction of sp³-hybridized carbons (Fsp3) is 0.316. The summed E-state index contributed by atoms with van der Waals surface area (Å²) >= 11 is 7.51. The van der Waals surface area contributed by atoms with Gasteiger partial charge in [-0.15, -0.1) is 0 Å². The summed E-state index contributed by atoms with van der Waals surface area (Å²) in [6.07, 6.45) is 1.12. The topological polar surface area (TPSA) is 29.1 Å². The molecule has 0 spiro atoms. The first kappa shape index (κ1) is 19.6. The maximum absolute atomic E-state index is 10.6. The number of halogens is 1. The monoisotopic (exact) mass is 349 g/mol. The second-order valence-corrected chi connectivity index (χ2v) is 6.17. The van der Waals surface area contributed by atoms with Gasteiger partial charge >= 0.3 is 0 Å². The maximum atomic E-state index is 10.6. The molecule has 0 atom stereocenters. The Morgan fingerprint density at radius 2 is 1.57 bits per heavy atom. The Hall–Kier alpha value is -1.45. The van der Waals surface area contributed by atoms with Crippen molar-refractivity contribution in [1.29, 1.82) is 0 Å². The smallest absolute Gasteiger partial charge is 0.229 e. The van der Waals surface area contributed by atoms with Crippen LogP contribution >= 0.6 is 23.4 Å². The predicted octanol–water partition coefficient (Wildman–Crippen LogP) is 5.27. The van der Waals surface area contributed by atoms with Crippen molar-refractivity contribution >= 4 is 29.3 Å². The lowest BCUT2D eigenvalue weighted by Gasteiger charge is -2.00. The lowest BCUT2D eigenvalue weighted by molar-refractivity contribution is -0.118. The lowest BCUT2D eigenvalue weighted by Crippen LogP contribution is -2.23. The van der Waals surface area contributed by atoms with Crippen LogP contribution in [0.5, 0.6) is 0 Å². The van der Waals surface area contributed by atoms with E-state index in [9.17, 15) is 4.79 Å². The van der Waals surface area contributed by atoms with E-state index in [1.165, 1.54) is 11.1 Å². The van der Waals surface area contributed by atoms with E-state index in [4.69, 9.17) is 11.6 Å². The zero-order valence-electron chi connectivity index (χ0n) is 13.7. The summed E-state index contributed by atoms with van der Waals surface area (Å²) in [6, 6.07) is 18.1. The van der Waals surface area contributed by atoms with Gasteiger partial charge < -0.3 is 5.32 Å². The number of benzene rings is 2. The second-order valence-electron chi connectivity index (χ2n) is 4.63. The van der Waals surface area contributed by atoms with Crippen LogP contribution in [0, 0.1) is 0 Å². The molecule has 1 saturated heterocycles. The van der Waals surface area contributed by atoms with Gasteiger partial charge in [0.05, 0.1) is 5.75 Å². The third kappa shape index (κ3) is 8.10. The highest BCUT2D eigenvalue weighted by atomic mass is 35.5. The van der Waals surface area contributed by atoms with E-state index in [0.717, 1.165) is 23.7 Å². The Bertz CT molecular complexity index is 547. The van der Waals surface area contributed by atoms with Crippen LogP contribution in [0.1, 0.15) is 20.3 Å². The summed E-state index contributed by atoms with van der Waals surface area (Å²) in [5, 5.41) is 3.56. The number of hydrogen-bond donors (Lipinski definition) is 1. The number of nitrogens with one attached hydrogen (secondary N) is 1. The minimum atomic E-state index is 0.188. The van der Waals surface area contributed by atoms with Gasteiger partial charge in [-0.25, -0.2) is 0 Å². The van der Waals surface area contributed by atoms with Crippen molar-refractivity contribution < 1.29 is 4.79 Å². The molecule has 0 radical (unpaired) electrons. The first-order valence-electron chi connectivity index (χ1n) is 7.91. The average molecular weight is 350 g/mol. The highest BCUT2D eigenvalue weighted by molar-refractivity contribution is 7.99. The molecule has 0 unspecified atom stereocenters. The highest BCUT2D eigenvalue weighted by Gasteiger charge is 2.03. The Morgan fingerprint density at radius 1 is 0.957 bits per heavy atom. The van der Waals surface area contributed by atoms with Crippen LogP contribution in [0.4, 0.5) is 0 Å². The molecular formula is C19H24ClNOS. The molecule has 2 nitrogen and oxygen atoms in total. The molecule has 0 aliphatic carbocycles. The molecule has 3 rings (SSSR count). The van der Waals surface area contributed by atoms with Gasteiger partial charge in [-0.3, -0.25) is 4.79 Å². The van der Waals surface area contributed by atoms with Gasteiger partial charge in [0.15, 0.2) is 0 Å². The van der Waals surface area contributed by atoms with Gasteiger partial charge in [-0.1, -0.05) is 67.9 Å². The second kappa shape index (κ2) is 12.0. The van der Waals surface area contributed by atoms with Crippen LogP contribution in [0.3, 0.4) is 0 Å². The van der Waals surface area contributed by atoms with E-state index in [-0.39, 0.29) is 5.91 Å². The maximum Gasteiger partial charge on any atom is 0.229 e. The minimum Gasteiger partial charge on any atom is -0.355 e. The van der Waals surface area contributed by atoms with Gasteiger partial charge in [0, 0.05) is 11.6 Å². The van der Waals surface area contributed by atoms with Crippen molar-refractivity contribution in [2.45, 2.75) is 20.3 Å². The first-order chi connectivity index (χ1) is 11.3. The quantitative estimate of drug-likeness (QED) is 0.759. The normalized spacial score (nSPS) is 13.4. The van der Waals surface area contributed by atoms with Crippen molar-refractivity contribution in [3.63, 3.8) is 0 Å². The number of hydrogen-bond acceptors (Lipinski definition) is 2. The van der Waals surface area contributed by atoms with E-state index < -0.39 is 0 Å². The number of rotatable bonds is 1. The molecule has 1 amide bonds. The summed E-state index contributed by atoms with van der Waals surface area (Å²) < 4.78 is 0. The Labute approximate surface area is 148 Å². The third-order valence-corrected chi connectivity index (χ3v) is 4.27. The van der Waals surface area contributed by atoms with E-state index in [2.05, 4.69) is 17.4 Å². The number of carbonyl (C=O) groups excluding carboxylic acids is 1. The fourth-order valence-electron chi connectivity index (χ4n) is 1.89. The molecule has 124 valence electrons. The predicted molar refractivity (Wildman–Crippen MR) is 103 cm³/mol. The SMILES string of the molecule is CC.Clc1ccc(-c2ccccc2)cc1.O=C1CSCCCN1. The molecule has 4 heteroatoms. The molecule has 0 aromatic heterocycles. The average Bonchev–Trinajstić information content (AvgIpc) is 2.86. The molecule has 2 aromatic carbocycles. The van der Waals surface area contributed by atoms with Gasteiger partial charge in [0.25, 0.3) is 0 Å². The standard InChI is InChI=1S/C12H9Cl.C5H9NOS.C2H6/c13-12-8-6-11(7-9-12)10-4-2-1-3-5-10;7-5-4-8-3-1-2-6-5;1-2/h1-9H;1-4H2,(H,6,7);1-2H3. The largest absolute Gasteiger partial charge is 0.355 e. The van der Waals surface area contributed by atoms with Gasteiger partial charge in [-0.2, -0.15) is 11.8 Å². The molecule has 1 heterocycles. The molecule has 1 aliphatic rings. The Morgan fingerprint density at radius 3 is 2.22 bits per heavy atom. The van der Waals surface area contributed by atoms with Gasteiger partial charge in [0.2, 0.25) is 5.91 Å². The molecule has 1 N–H and O–H groups in total. The van der Waals surface area contributed by atoms with Crippen LogP contribution in [0.25, 0.3) is 11.1 Å². The van der Waals surface area contributed by atoms with Crippen molar-refractivity contribution in [2.24, 2.45) is 0 Å². The molecule has 0 bridgehead atoms. The van der Waals surface area contributed by atoms with Crippen molar-refractivity contribution in [3.05, 3.63) is 59.6 Å². The Kier molecular flexibility index (Phi) is 10.3. The number of thioether (sulfide) groups is 1. The van der Waals surface area contributed by atoms with E-state index in [1.807, 2.05) is 56.3 Å². The zero-order valence-corrected chi connectivity index (χ0v) is 15.3. The zero-order chi connectivity index (χ0) is 16.9. The van der Waals surface area contributed by atoms with E-state index in [0.29, 0.717) is 5.75 Å². The summed E-state index contributed by atoms with van der Waals surface area (Å²) in [5.41, 5.74) is 2.42. The number of carbonyl (C=O) groups is 1. The summed E-state index contributed by atoms with van der Waals surface area (Å²) in [4.78, 5) is 10.6. The fourth-order valence-corrected chi connectivity index (χ4v) is 2.80.